The number of benzene rings is 1. The van der Waals surface area contributed by atoms with Crippen LogP contribution in [0.5, 0.6) is 0 Å². The second-order valence-corrected chi connectivity index (χ2v) is 7.94. The fourth-order valence-corrected chi connectivity index (χ4v) is 3.08. The van der Waals surface area contributed by atoms with E-state index in [4.69, 9.17) is 4.74 Å². The minimum atomic E-state index is -4.23. The Balaban J connectivity index is 1.56. The molecular formula is C18H22F4N2O2. The van der Waals surface area contributed by atoms with Crippen LogP contribution in [-0.4, -0.2) is 48.9 Å². The molecule has 0 radical (unpaired) electrons. The van der Waals surface area contributed by atoms with E-state index in [1.165, 1.54) is 17.0 Å². The van der Waals surface area contributed by atoms with Crippen molar-refractivity contribution in [2.24, 2.45) is 5.92 Å². The van der Waals surface area contributed by atoms with Gasteiger partial charge in [-0.05, 0) is 38.5 Å². The normalized spacial score (nSPS) is 19.2. The molecule has 0 aliphatic carbocycles. The van der Waals surface area contributed by atoms with Crippen LogP contribution >= 0.6 is 0 Å². The van der Waals surface area contributed by atoms with Crippen LogP contribution in [0.2, 0.25) is 0 Å². The van der Waals surface area contributed by atoms with E-state index in [2.05, 4.69) is 0 Å². The average Bonchev–Trinajstić information content (AvgIpc) is 2.33. The van der Waals surface area contributed by atoms with Gasteiger partial charge in [-0.1, -0.05) is 6.07 Å². The lowest BCUT2D eigenvalue weighted by Gasteiger charge is -2.42. The largest absolute Gasteiger partial charge is 0.444 e. The molecule has 1 aromatic rings. The van der Waals surface area contributed by atoms with E-state index >= 15 is 0 Å². The van der Waals surface area contributed by atoms with Gasteiger partial charge in [-0.25, -0.2) is 9.18 Å². The molecule has 26 heavy (non-hydrogen) atoms. The van der Waals surface area contributed by atoms with Crippen LogP contribution in [0.3, 0.4) is 0 Å². The van der Waals surface area contributed by atoms with E-state index < -0.39 is 29.6 Å². The molecule has 1 amide bonds. The number of alkyl halides is 3. The molecule has 0 bridgehead atoms. The lowest BCUT2D eigenvalue weighted by molar-refractivity contribution is -0.180. The summed E-state index contributed by atoms with van der Waals surface area (Å²) >= 11 is 0. The molecule has 0 saturated carbocycles. The Morgan fingerprint density at radius 2 is 1.73 bits per heavy atom. The second kappa shape index (κ2) is 6.32. The SMILES string of the molecule is CC(C)(C)OC(=O)N1CC(c2ccc(N3CC(C(F)(F)F)C3)c(F)c2)C1. The number of carbonyl (C=O) groups excluding carboxylic acids is 1. The standard InChI is InChI=1S/C18H22F4N2O2/c1-17(2,3)26-16(25)24-7-12(8-24)11-4-5-15(14(19)6-11)23-9-13(10-23)18(20,21)22/h4-6,12-13H,7-10H2,1-3H3. The van der Waals surface area contributed by atoms with Gasteiger partial charge in [0.2, 0.25) is 0 Å². The number of likely N-dealkylation sites (tertiary alicyclic amines) is 1. The lowest BCUT2D eigenvalue weighted by Crippen LogP contribution is -2.53. The summed E-state index contributed by atoms with van der Waals surface area (Å²) in [6.07, 6.45) is -4.63. The average molecular weight is 374 g/mol. The number of halogens is 4. The van der Waals surface area contributed by atoms with Crippen molar-refractivity contribution in [3.8, 4) is 0 Å². The minimum absolute atomic E-state index is 0.00498. The third kappa shape index (κ3) is 3.88. The van der Waals surface area contributed by atoms with Crippen LogP contribution in [-0.2, 0) is 4.74 Å². The molecule has 1 aromatic carbocycles. The van der Waals surface area contributed by atoms with Crippen molar-refractivity contribution in [2.45, 2.75) is 38.5 Å². The Morgan fingerprint density at radius 3 is 2.23 bits per heavy atom. The first-order valence-corrected chi connectivity index (χ1v) is 8.53. The molecule has 4 nitrogen and oxygen atoms in total. The minimum Gasteiger partial charge on any atom is -0.444 e. The number of carbonyl (C=O) groups is 1. The number of nitrogens with zero attached hydrogens (tertiary/aromatic N) is 2. The fourth-order valence-electron chi connectivity index (χ4n) is 3.08. The predicted octanol–water partition coefficient (Wildman–Crippen LogP) is 4.16. The molecule has 2 fully saturated rings. The van der Waals surface area contributed by atoms with Gasteiger partial charge in [0.1, 0.15) is 11.4 Å². The number of rotatable bonds is 2. The first kappa shape index (κ1) is 18.8. The summed E-state index contributed by atoms with van der Waals surface area (Å²) in [6, 6.07) is 4.59. The quantitative estimate of drug-likeness (QED) is 0.729. The molecule has 0 unspecified atom stereocenters. The number of anilines is 1. The van der Waals surface area contributed by atoms with Crippen molar-refractivity contribution in [1.82, 2.24) is 4.90 Å². The fraction of sp³-hybridized carbons (Fsp3) is 0.611. The van der Waals surface area contributed by atoms with Crippen LogP contribution in [0.4, 0.5) is 28.0 Å². The molecule has 8 heteroatoms. The highest BCUT2D eigenvalue weighted by Gasteiger charge is 2.47. The van der Waals surface area contributed by atoms with Crippen LogP contribution in [0.1, 0.15) is 32.3 Å². The van der Waals surface area contributed by atoms with Crippen molar-refractivity contribution in [3.05, 3.63) is 29.6 Å². The summed E-state index contributed by atoms with van der Waals surface area (Å²) in [7, 11) is 0. The van der Waals surface area contributed by atoms with Gasteiger partial charge in [0.25, 0.3) is 0 Å². The Morgan fingerprint density at radius 1 is 1.12 bits per heavy atom. The molecule has 2 heterocycles. The highest BCUT2D eigenvalue weighted by Crippen LogP contribution is 2.38. The van der Waals surface area contributed by atoms with Crippen LogP contribution < -0.4 is 4.90 Å². The molecule has 2 aliphatic rings. The van der Waals surface area contributed by atoms with Crippen LogP contribution in [0.15, 0.2) is 18.2 Å². The lowest BCUT2D eigenvalue weighted by atomic mass is 9.91. The van der Waals surface area contributed by atoms with Crippen molar-refractivity contribution in [1.29, 1.82) is 0 Å². The zero-order valence-corrected chi connectivity index (χ0v) is 14.9. The highest BCUT2D eigenvalue weighted by atomic mass is 19.4. The van der Waals surface area contributed by atoms with Crippen molar-refractivity contribution in [3.63, 3.8) is 0 Å². The maximum absolute atomic E-state index is 14.3. The van der Waals surface area contributed by atoms with Gasteiger partial charge in [-0.3, -0.25) is 0 Å². The van der Waals surface area contributed by atoms with Gasteiger partial charge >= 0.3 is 12.3 Å². The van der Waals surface area contributed by atoms with E-state index in [0.29, 0.717) is 13.1 Å². The Kier molecular flexibility index (Phi) is 4.56. The van der Waals surface area contributed by atoms with E-state index in [1.807, 2.05) is 0 Å². The molecule has 2 saturated heterocycles. The van der Waals surface area contributed by atoms with E-state index in [-0.39, 0.29) is 24.7 Å². The van der Waals surface area contributed by atoms with Gasteiger partial charge in [-0.15, -0.1) is 0 Å². The molecular weight excluding hydrogens is 352 g/mol. The summed E-state index contributed by atoms with van der Waals surface area (Å²) in [4.78, 5) is 14.9. The molecule has 2 aliphatic heterocycles. The third-order valence-corrected chi connectivity index (χ3v) is 4.66. The molecule has 0 N–H and O–H groups in total. The Labute approximate surface area is 149 Å². The topological polar surface area (TPSA) is 32.8 Å². The first-order valence-electron chi connectivity index (χ1n) is 8.53. The third-order valence-electron chi connectivity index (χ3n) is 4.66. The van der Waals surface area contributed by atoms with Gasteiger partial charge in [0, 0.05) is 32.1 Å². The number of ether oxygens (including phenoxy) is 1. The maximum atomic E-state index is 14.3. The number of hydrogen-bond acceptors (Lipinski definition) is 3. The zero-order chi connectivity index (χ0) is 19.3. The van der Waals surface area contributed by atoms with Gasteiger partial charge < -0.3 is 14.5 Å². The van der Waals surface area contributed by atoms with Crippen LogP contribution in [0.25, 0.3) is 0 Å². The first-order chi connectivity index (χ1) is 11.9. The number of hydrogen-bond donors (Lipinski definition) is 0. The smallest absolute Gasteiger partial charge is 0.410 e. The Bertz CT molecular complexity index is 687. The zero-order valence-electron chi connectivity index (χ0n) is 14.9. The summed E-state index contributed by atoms with van der Waals surface area (Å²) in [5, 5.41) is 0. The molecule has 0 aromatic heterocycles. The Hall–Kier alpha value is -1.99. The summed E-state index contributed by atoms with van der Waals surface area (Å²) < 4.78 is 57.3. The molecule has 0 spiro atoms. The summed E-state index contributed by atoms with van der Waals surface area (Å²) in [5.74, 6) is -1.92. The van der Waals surface area contributed by atoms with Crippen molar-refractivity contribution >= 4 is 11.8 Å². The predicted molar refractivity (Wildman–Crippen MR) is 88.7 cm³/mol. The van der Waals surface area contributed by atoms with E-state index in [1.54, 1.807) is 31.7 Å². The summed E-state index contributed by atoms with van der Waals surface area (Å²) in [6.45, 7) is 5.81. The second-order valence-electron chi connectivity index (χ2n) is 7.94. The monoisotopic (exact) mass is 374 g/mol. The highest BCUT2D eigenvalue weighted by molar-refractivity contribution is 5.69. The van der Waals surface area contributed by atoms with Crippen molar-refractivity contribution in [2.75, 3.05) is 31.1 Å². The van der Waals surface area contributed by atoms with E-state index in [9.17, 15) is 22.4 Å². The van der Waals surface area contributed by atoms with Gasteiger partial charge in [0.15, 0.2) is 0 Å². The molecule has 144 valence electrons. The van der Waals surface area contributed by atoms with Gasteiger partial charge in [0.05, 0.1) is 11.6 Å². The van der Waals surface area contributed by atoms with E-state index in [0.717, 1.165) is 5.56 Å². The molecule has 0 atom stereocenters. The van der Waals surface area contributed by atoms with Gasteiger partial charge in [-0.2, -0.15) is 13.2 Å². The maximum Gasteiger partial charge on any atom is 0.410 e. The molecule has 3 rings (SSSR count). The summed E-state index contributed by atoms with van der Waals surface area (Å²) in [5.41, 5.74) is 0.359. The number of amides is 1. The van der Waals surface area contributed by atoms with Crippen molar-refractivity contribution < 1.29 is 27.1 Å². The van der Waals surface area contributed by atoms with Crippen LogP contribution in [0, 0.1) is 11.7 Å².